The molecule has 0 radical (unpaired) electrons. The highest BCUT2D eigenvalue weighted by Gasteiger charge is 2.56. The lowest BCUT2D eigenvalue weighted by atomic mass is 9.45. The molecule has 3 aromatic rings. The van der Waals surface area contributed by atoms with Crippen LogP contribution >= 0.6 is 11.6 Å². The molecule has 41 heavy (non-hydrogen) atoms. The summed E-state index contributed by atoms with van der Waals surface area (Å²) in [4.78, 5) is 26.0. The minimum Gasteiger partial charge on any atom is -0.340 e. The number of aliphatic imine (C=N–C) groups is 1. The van der Waals surface area contributed by atoms with Crippen molar-refractivity contribution in [1.29, 1.82) is 0 Å². The molecule has 4 aliphatic rings. The third kappa shape index (κ3) is 5.51. The predicted octanol–water partition coefficient (Wildman–Crippen LogP) is 5.99. The van der Waals surface area contributed by atoms with Gasteiger partial charge >= 0.3 is 0 Å². The lowest BCUT2D eigenvalue weighted by Gasteiger charge is -2.61. The second-order valence-electron chi connectivity index (χ2n) is 13.3. The number of hydrogen-bond donors (Lipinski definition) is 2. The van der Waals surface area contributed by atoms with Crippen molar-refractivity contribution in [3.8, 4) is 0 Å². The number of guanidine groups is 1. The number of aromatic nitrogens is 2. The van der Waals surface area contributed by atoms with Crippen molar-refractivity contribution in [3.05, 3.63) is 69.7 Å². The molecule has 7 nitrogen and oxygen atoms in total. The Kier molecular flexibility index (Phi) is 7.62. The predicted molar refractivity (Wildman–Crippen MR) is 169 cm³/mol. The Bertz CT molecular complexity index is 1500. The Morgan fingerprint density at radius 2 is 1.98 bits per heavy atom. The minimum absolute atomic E-state index is 0.0225. The standard InChI is InChI=1S/C33H43ClN6O/c1-20-18-39(13-12-35-20)32(38-29-16-24-15-28(22(29)3)33(24,4)5)37-26-10-11-27-30(17-26)36-19-40(31(27)41)21(2)14-23-6-8-25(34)9-7-23/h6-11,17,19-22,24,28-29,35H,12-16,18H2,1-5H3,(H,37,38)/t20-,21+,22-,24+,28-,29?/m0/s1. The van der Waals surface area contributed by atoms with Gasteiger partial charge in [0.15, 0.2) is 5.96 Å². The van der Waals surface area contributed by atoms with Crippen molar-refractivity contribution in [1.82, 2.24) is 19.8 Å². The van der Waals surface area contributed by atoms with E-state index < -0.39 is 0 Å². The minimum atomic E-state index is -0.0273. The van der Waals surface area contributed by atoms with Crippen LogP contribution in [0.1, 0.15) is 59.1 Å². The molecule has 1 aromatic heterocycles. The van der Waals surface area contributed by atoms with Gasteiger partial charge in [-0.05, 0) is 92.2 Å². The summed E-state index contributed by atoms with van der Waals surface area (Å²) in [6, 6.07) is 14.4. The van der Waals surface area contributed by atoms with Gasteiger partial charge in [0, 0.05) is 42.4 Å². The molecule has 0 spiro atoms. The van der Waals surface area contributed by atoms with E-state index in [1.165, 1.54) is 6.42 Å². The molecule has 2 aromatic carbocycles. The molecule has 6 atom stereocenters. The van der Waals surface area contributed by atoms with E-state index in [0.717, 1.165) is 61.5 Å². The quantitative estimate of drug-likeness (QED) is 0.289. The highest BCUT2D eigenvalue weighted by atomic mass is 35.5. The molecule has 1 unspecified atom stereocenters. The highest BCUT2D eigenvalue weighted by Crippen LogP contribution is 2.61. The molecule has 2 bridgehead atoms. The van der Waals surface area contributed by atoms with Crippen LogP contribution in [0, 0.1) is 23.2 Å². The van der Waals surface area contributed by atoms with Crippen LogP contribution in [0.2, 0.25) is 5.02 Å². The molecular formula is C33H43ClN6O. The molecule has 1 aliphatic heterocycles. The molecular weight excluding hydrogens is 532 g/mol. The molecule has 2 heterocycles. The zero-order chi connectivity index (χ0) is 28.9. The third-order valence-electron chi connectivity index (χ3n) is 10.2. The van der Waals surface area contributed by atoms with Crippen molar-refractivity contribution in [2.24, 2.45) is 28.2 Å². The number of nitrogens with zero attached hydrogens (tertiary/aromatic N) is 4. The fraction of sp³-hybridized carbons (Fsp3) is 0.545. The van der Waals surface area contributed by atoms with Gasteiger partial charge in [0.05, 0.1) is 23.3 Å². The Balaban J connectivity index is 1.25. The summed E-state index contributed by atoms with van der Waals surface area (Å²) in [6.45, 7) is 14.3. The summed E-state index contributed by atoms with van der Waals surface area (Å²) in [5, 5.41) is 8.55. The number of hydrogen-bond acceptors (Lipinski definition) is 4. The first kappa shape index (κ1) is 28.2. The van der Waals surface area contributed by atoms with Crippen molar-refractivity contribution in [3.63, 3.8) is 0 Å². The summed E-state index contributed by atoms with van der Waals surface area (Å²) in [7, 11) is 0. The van der Waals surface area contributed by atoms with Gasteiger partial charge in [0.25, 0.3) is 5.56 Å². The maximum Gasteiger partial charge on any atom is 0.261 e. The average molecular weight is 575 g/mol. The molecule has 4 fully saturated rings. The Labute approximate surface area is 248 Å². The van der Waals surface area contributed by atoms with E-state index >= 15 is 0 Å². The number of fused-ring (bicyclic) bond motifs is 3. The first-order valence-electron chi connectivity index (χ1n) is 15.2. The second-order valence-corrected chi connectivity index (χ2v) is 13.7. The van der Waals surface area contributed by atoms with Crippen molar-refractivity contribution >= 4 is 34.2 Å². The number of nitrogens with one attached hydrogen (secondary N) is 2. The topological polar surface area (TPSA) is 74.5 Å². The van der Waals surface area contributed by atoms with Crippen LogP contribution in [0.4, 0.5) is 5.69 Å². The summed E-state index contributed by atoms with van der Waals surface area (Å²) in [5.41, 5.74) is 3.15. The van der Waals surface area contributed by atoms with Crippen LogP contribution in [-0.4, -0.2) is 52.1 Å². The van der Waals surface area contributed by atoms with Gasteiger partial charge in [-0.2, -0.15) is 0 Å². The van der Waals surface area contributed by atoms with Crippen molar-refractivity contribution < 1.29 is 0 Å². The monoisotopic (exact) mass is 574 g/mol. The van der Waals surface area contributed by atoms with Gasteiger partial charge in [-0.3, -0.25) is 9.36 Å². The lowest BCUT2D eigenvalue weighted by molar-refractivity contribution is -0.108. The van der Waals surface area contributed by atoms with Crippen LogP contribution in [0.25, 0.3) is 10.9 Å². The maximum atomic E-state index is 13.5. The molecule has 0 amide bonds. The van der Waals surface area contributed by atoms with E-state index in [4.69, 9.17) is 21.6 Å². The molecule has 8 heteroatoms. The van der Waals surface area contributed by atoms with Gasteiger partial charge in [-0.25, -0.2) is 9.98 Å². The fourth-order valence-electron chi connectivity index (χ4n) is 7.48. The smallest absolute Gasteiger partial charge is 0.261 e. The van der Waals surface area contributed by atoms with E-state index in [1.54, 1.807) is 10.9 Å². The number of halogens is 1. The largest absolute Gasteiger partial charge is 0.340 e. The first-order chi connectivity index (χ1) is 19.6. The summed E-state index contributed by atoms with van der Waals surface area (Å²) in [5.74, 6) is 3.01. The lowest BCUT2D eigenvalue weighted by Crippen LogP contribution is -2.57. The van der Waals surface area contributed by atoms with E-state index in [2.05, 4.69) is 43.2 Å². The molecule has 7 rings (SSSR count). The Morgan fingerprint density at radius 3 is 2.68 bits per heavy atom. The second kappa shape index (κ2) is 11.1. The van der Waals surface area contributed by atoms with E-state index in [9.17, 15) is 4.79 Å². The van der Waals surface area contributed by atoms with Gasteiger partial charge in [-0.1, -0.05) is 44.5 Å². The zero-order valence-electron chi connectivity index (χ0n) is 24.9. The van der Waals surface area contributed by atoms with Crippen molar-refractivity contribution in [2.45, 2.75) is 72.0 Å². The highest BCUT2D eigenvalue weighted by molar-refractivity contribution is 6.30. The first-order valence-corrected chi connectivity index (χ1v) is 15.6. The summed E-state index contributed by atoms with van der Waals surface area (Å²) in [6.07, 6.45) is 4.91. The number of anilines is 1. The van der Waals surface area contributed by atoms with E-state index in [-0.39, 0.29) is 11.6 Å². The van der Waals surface area contributed by atoms with E-state index in [0.29, 0.717) is 39.3 Å². The van der Waals surface area contributed by atoms with Crippen LogP contribution in [0.15, 0.2) is 58.6 Å². The normalized spacial score (nSPS) is 28.3. The zero-order valence-corrected chi connectivity index (χ0v) is 25.7. The molecule has 218 valence electrons. The Hall–Kier alpha value is -2.90. The summed E-state index contributed by atoms with van der Waals surface area (Å²) >= 11 is 6.04. The number of rotatable bonds is 5. The molecule has 3 saturated carbocycles. The summed E-state index contributed by atoms with van der Waals surface area (Å²) < 4.78 is 1.73. The van der Waals surface area contributed by atoms with Gasteiger partial charge in [0.2, 0.25) is 0 Å². The number of benzene rings is 2. The van der Waals surface area contributed by atoms with Crippen LogP contribution in [-0.2, 0) is 6.42 Å². The molecule has 3 aliphatic carbocycles. The van der Waals surface area contributed by atoms with E-state index in [1.807, 2.05) is 49.4 Å². The van der Waals surface area contributed by atoms with Gasteiger partial charge in [-0.15, -0.1) is 0 Å². The molecule has 2 N–H and O–H groups in total. The third-order valence-corrected chi connectivity index (χ3v) is 10.5. The number of piperazine rings is 1. The Morgan fingerprint density at radius 1 is 1.20 bits per heavy atom. The van der Waals surface area contributed by atoms with Crippen LogP contribution in [0.5, 0.6) is 0 Å². The van der Waals surface area contributed by atoms with Gasteiger partial charge in [0.1, 0.15) is 0 Å². The fourth-order valence-corrected chi connectivity index (χ4v) is 7.61. The van der Waals surface area contributed by atoms with Crippen LogP contribution < -0.4 is 16.2 Å². The maximum absolute atomic E-state index is 13.5. The van der Waals surface area contributed by atoms with Gasteiger partial charge < -0.3 is 15.5 Å². The van der Waals surface area contributed by atoms with Crippen molar-refractivity contribution in [2.75, 3.05) is 25.0 Å². The SMILES string of the molecule is C[C@@H]1C(/N=C(/Nc2ccc3c(=O)n([C@H](C)Cc4ccc(Cl)cc4)cnc3c2)N2CCN[C@@H](C)C2)C[C@H]2C[C@@H]1C2(C)C. The molecule has 1 saturated heterocycles. The average Bonchev–Trinajstić information content (AvgIpc) is 2.94. The van der Waals surface area contributed by atoms with Crippen LogP contribution in [0.3, 0.4) is 0 Å².